The summed E-state index contributed by atoms with van der Waals surface area (Å²) < 4.78 is 53.2. The van der Waals surface area contributed by atoms with E-state index in [4.69, 9.17) is 0 Å². The van der Waals surface area contributed by atoms with Crippen molar-refractivity contribution in [1.29, 1.82) is 0 Å². The SMILES string of the molecule is CC1(NC(=O)c2cnc3c(c2)C(C)(C)C(=O)N3c2cccc(OC(F)F)c2)CCS(=O)(=O)CC1. The fourth-order valence-corrected chi connectivity index (χ4v) is 5.94. The molecule has 1 aromatic carbocycles. The van der Waals surface area contributed by atoms with Gasteiger partial charge in [0.15, 0.2) is 0 Å². The zero-order valence-electron chi connectivity index (χ0n) is 19.0. The van der Waals surface area contributed by atoms with E-state index in [1.807, 2.05) is 6.92 Å². The molecule has 1 N–H and O–H groups in total. The lowest BCUT2D eigenvalue weighted by Crippen LogP contribution is -2.51. The van der Waals surface area contributed by atoms with Crippen LogP contribution in [0.4, 0.5) is 20.3 Å². The van der Waals surface area contributed by atoms with Crippen LogP contribution in [0.2, 0.25) is 0 Å². The summed E-state index contributed by atoms with van der Waals surface area (Å²) in [6, 6.07) is 7.37. The highest BCUT2D eigenvalue weighted by Crippen LogP contribution is 2.45. The number of carbonyl (C=O) groups excluding carboxylic acids is 2. The van der Waals surface area contributed by atoms with Crippen LogP contribution in [-0.4, -0.2) is 48.9 Å². The van der Waals surface area contributed by atoms with Gasteiger partial charge in [0.05, 0.1) is 28.2 Å². The van der Waals surface area contributed by atoms with Crippen LogP contribution in [0.25, 0.3) is 0 Å². The van der Waals surface area contributed by atoms with Gasteiger partial charge in [0.2, 0.25) is 5.91 Å². The Bertz CT molecular complexity index is 1250. The smallest absolute Gasteiger partial charge is 0.387 e. The molecule has 0 unspecified atom stereocenters. The minimum atomic E-state index is -3.08. The van der Waals surface area contributed by atoms with Gasteiger partial charge in [-0.1, -0.05) is 6.07 Å². The number of rotatable bonds is 5. The van der Waals surface area contributed by atoms with Gasteiger partial charge in [0.1, 0.15) is 21.4 Å². The van der Waals surface area contributed by atoms with Crippen molar-refractivity contribution < 1.29 is 31.5 Å². The first-order chi connectivity index (χ1) is 15.8. The standard InChI is InChI=1S/C23H25F2N3O5S/c1-22(2)17-11-14(19(29)27-23(3)7-9-34(31,32)10-8-23)13-26-18(17)28(20(22)30)15-5-4-6-16(12-15)33-21(24)25/h4-6,11-13,21H,7-10H2,1-3H3,(H,27,29). The number of amides is 2. The van der Waals surface area contributed by atoms with Crippen molar-refractivity contribution in [1.82, 2.24) is 10.3 Å². The Kier molecular flexibility index (Phi) is 5.87. The first-order valence-corrected chi connectivity index (χ1v) is 12.6. The van der Waals surface area contributed by atoms with Crippen molar-refractivity contribution in [3.8, 4) is 5.75 Å². The summed E-state index contributed by atoms with van der Waals surface area (Å²) in [5.74, 6) is -0.507. The third-order valence-electron chi connectivity index (χ3n) is 6.40. The van der Waals surface area contributed by atoms with Gasteiger partial charge < -0.3 is 10.1 Å². The molecule has 0 bridgehead atoms. The van der Waals surface area contributed by atoms with Gasteiger partial charge in [0, 0.05) is 23.4 Å². The molecule has 0 spiro atoms. The van der Waals surface area contributed by atoms with Crippen molar-refractivity contribution in [3.63, 3.8) is 0 Å². The number of fused-ring (bicyclic) bond motifs is 1. The molecule has 8 nitrogen and oxygen atoms in total. The van der Waals surface area contributed by atoms with E-state index in [-0.39, 0.29) is 28.7 Å². The Hall–Kier alpha value is -3.08. The second-order valence-electron chi connectivity index (χ2n) is 9.40. The van der Waals surface area contributed by atoms with Crippen LogP contribution < -0.4 is 15.0 Å². The maximum atomic E-state index is 13.3. The number of benzene rings is 1. The molecular formula is C23H25F2N3O5S. The van der Waals surface area contributed by atoms with Crippen molar-refractivity contribution in [2.24, 2.45) is 0 Å². The molecule has 0 atom stereocenters. The Labute approximate surface area is 196 Å². The molecular weight excluding hydrogens is 468 g/mol. The molecule has 0 aliphatic carbocycles. The van der Waals surface area contributed by atoms with Crippen LogP contribution in [0.3, 0.4) is 0 Å². The second-order valence-corrected chi connectivity index (χ2v) is 11.7. The van der Waals surface area contributed by atoms with Crippen LogP contribution in [0, 0.1) is 0 Å². The van der Waals surface area contributed by atoms with E-state index in [2.05, 4.69) is 15.0 Å². The maximum absolute atomic E-state index is 13.3. The van der Waals surface area contributed by atoms with Crippen molar-refractivity contribution in [2.45, 2.75) is 51.2 Å². The van der Waals surface area contributed by atoms with E-state index in [0.717, 1.165) is 0 Å². The molecule has 2 aliphatic rings. The van der Waals surface area contributed by atoms with E-state index in [1.54, 1.807) is 26.0 Å². The molecule has 34 heavy (non-hydrogen) atoms. The fraction of sp³-hybridized carbons (Fsp3) is 0.435. The summed E-state index contributed by atoms with van der Waals surface area (Å²) >= 11 is 0. The first-order valence-electron chi connectivity index (χ1n) is 10.7. The van der Waals surface area contributed by atoms with Gasteiger partial charge in [0.25, 0.3) is 5.91 Å². The van der Waals surface area contributed by atoms with Crippen LogP contribution >= 0.6 is 0 Å². The topological polar surface area (TPSA) is 106 Å². The summed E-state index contributed by atoms with van der Waals surface area (Å²) in [4.78, 5) is 31.9. The van der Waals surface area contributed by atoms with Crippen molar-refractivity contribution >= 4 is 33.2 Å². The van der Waals surface area contributed by atoms with Crippen molar-refractivity contribution in [2.75, 3.05) is 16.4 Å². The minimum Gasteiger partial charge on any atom is -0.435 e. The first kappa shape index (κ1) is 24.1. The summed E-state index contributed by atoms with van der Waals surface area (Å²) in [6.07, 6.45) is 1.97. The second kappa shape index (κ2) is 8.30. The Balaban J connectivity index is 1.63. The monoisotopic (exact) mass is 493 g/mol. The summed E-state index contributed by atoms with van der Waals surface area (Å²) in [7, 11) is -3.08. The Morgan fingerprint density at radius 3 is 2.50 bits per heavy atom. The number of nitrogens with zero attached hydrogens (tertiary/aromatic N) is 2. The average molecular weight is 494 g/mol. The van der Waals surface area contributed by atoms with Crippen LogP contribution in [0.15, 0.2) is 36.5 Å². The van der Waals surface area contributed by atoms with E-state index >= 15 is 0 Å². The zero-order chi connectivity index (χ0) is 24.9. The Morgan fingerprint density at radius 1 is 1.18 bits per heavy atom. The van der Waals surface area contributed by atoms with E-state index in [1.165, 1.54) is 29.3 Å². The van der Waals surface area contributed by atoms with Gasteiger partial charge >= 0.3 is 6.61 Å². The summed E-state index contributed by atoms with van der Waals surface area (Å²) in [6.45, 7) is 2.21. The number of aromatic nitrogens is 1. The summed E-state index contributed by atoms with van der Waals surface area (Å²) in [5, 5.41) is 2.92. The number of pyridine rings is 1. The highest BCUT2D eigenvalue weighted by Gasteiger charge is 2.46. The van der Waals surface area contributed by atoms with Gasteiger partial charge in [-0.2, -0.15) is 8.78 Å². The van der Waals surface area contributed by atoms with Crippen LogP contribution in [0.1, 0.15) is 49.5 Å². The quantitative estimate of drug-likeness (QED) is 0.685. The number of halogens is 2. The lowest BCUT2D eigenvalue weighted by Gasteiger charge is -2.34. The number of sulfone groups is 1. The molecule has 11 heteroatoms. The third-order valence-corrected chi connectivity index (χ3v) is 8.05. The predicted octanol–water partition coefficient (Wildman–Crippen LogP) is 3.34. The molecule has 1 fully saturated rings. The number of carbonyl (C=O) groups is 2. The molecule has 0 saturated carbocycles. The number of hydrogen-bond donors (Lipinski definition) is 1. The number of hydrogen-bond acceptors (Lipinski definition) is 6. The van der Waals surface area contributed by atoms with E-state index in [0.29, 0.717) is 29.9 Å². The highest BCUT2D eigenvalue weighted by molar-refractivity contribution is 7.91. The minimum absolute atomic E-state index is 0.0110. The maximum Gasteiger partial charge on any atom is 0.387 e. The molecule has 1 saturated heterocycles. The molecule has 0 radical (unpaired) electrons. The zero-order valence-corrected chi connectivity index (χ0v) is 19.8. The van der Waals surface area contributed by atoms with Gasteiger partial charge in [-0.3, -0.25) is 14.5 Å². The fourth-order valence-electron chi connectivity index (χ4n) is 4.21. The lowest BCUT2D eigenvalue weighted by molar-refractivity contribution is -0.121. The molecule has 2 aliphatic heterocycles. The van der Waals surface area contributed by atoms with Crippen LogP contribution in [-0.2, 0) is 20.0 Å². The molecule has 3 heterocycles. The van der Waals surface area contributed by atoms with E-state index < -0.39 is 33.3 Å². The summed E-state index contributed by atoms with van der Waals surface area (Å²) in [5.41, 5.74) is -0.617. The van der Waals surface area contributed by atoms with Crippen molar-refractivity contribution in [3.05, 3.63) is 47.7 Å². The largest absolute Gasteiger partial charge is 0.435 e. The molecule has 4 rings (SSSR count). The normalized spacial score (nSPS) is 20.2. The number of ether oxygens (including phenoxy) is 1. The number of nitrogens with one attached hydrogen (secondary N) is 1. The molecule has 182 valence electrons. The van der Waals surface area contributed by atoms with Gasteiger partial charge in [-0.15, -0.1) is 0 Å². The van der Waals surface area contributed by atoms with E-state index in [9.17, 15) is 26.8 Å². The van der Waals surface area contributed by atoms with Crippen LogP contribution in [0.5, 0.6) is 5.75 Å². The highest BCUT2D eigenvalue weighted by atomic mass is 32.2. The molecule has 2 aromatic rings. The van der Waals surface area contributed by atoms with Gasteiger partial charge in [-0.25, -0.2) is 13.4 Å². The number of anilines is 2. The third kappa shape index (κ3) is 4.48. The number of alkyl halides is 2. The Morgan fingerprint density at radius 2 is 1.85 bits per heavy atom. The lowest BCUT2D eigenvalue weighted by atomic mass is 9.86. The molecule has 1 aromatic heterocycles. The molecule has 2 amide bonds. The average Bonchev–Trinajstić information content (AvgIpc) is 2.95. The van der Waals surface area contributed by atoms with Gasteiger partial charge in [-0.05, 0) is 51.8 Å². The predicted molar refractivity (Wildman–Crippen MR) is 121 cm³/mol.